The van der Waals surface area contributed by atoms with Crippen LogP contribution >= 0.6 is 0 Å². The van der Waals surface area contributed by atoms with E-state index in [0.717, 1.165) is 58.0 Å². The van der Waals surface area contributed by atoms with Gasteiger partial charge in [0, 0.05) is 50.4 Å². The van der Waals surface area contributed by atoms with Crippen molar-refractivity contribution in [2.24, 2.45) is 11.8 Å². The molecule has 2 unspecified atom stereocenters. The van der Waals surface area contributed by atoms with E-state index in [4.69, 9.17) is 4.74 Å². The number of nitrogens with zero attached hydrogens (tertiary/aromatic N) is 3. The van der Waals surface area contributed by atoms with Gasteiger partial charge in [0.25, 0.3) is 0 Å². The van der Waals surface area contributed by atoms with Crippen LogP contribution in [-0.4, -0.2) is 71.2 Å². The standard InChI is InChI=1S/C25H42N4O2/c1-20(2)9-12-28-13-15-29(16-14-28)25(10-17-31-24(4,5)19-25)18-21(3)23(30)27-22-8-6-7-11-26-22/h6-8,11,20-21H,9-10,12-19H2,1-5H3,(H,26,27,30). The van der Waals surface area contributed by atoms with E-state index in [9.17, 15) is 4.79 Å². The Morgan fingerprint density at radius 3 is 2.55 bits per heavy atom. The second kappa shape index (κ2) is 10.4. The molecule has 3 rings (SSSR count). The molecular weight excluding hydrogens is 388 g/mol. The molecular formula is C25H42N4O2. The first-order chi connectivity index (χ1) is 14.7. The third-order valence-corrected chi connectivity index (χ3v) is 6.93. The van der Waals surface area contributed by atoms with Crippen LogP contribution < -0.4 is 5.32 Å². The number of aromatic nitrogens is 1. The quantitative estimate of drug-likeness (QED) is 0.675. The number of pyridine rings is 1. The fraction of sp³-hybridized carbons (Fsp3) is 0.760. The number of carbonyl (C=O) groups excluding carboxylic acids is 1. The van der Waals surface area contributed by atoms with Crippen molar-refractivity contribution in [2.75, 3.05) is 44.6 Å². The molecule has 1 N–H and O–H groups in total. The highest BCUT2D eigenvalue weighted by Crippen LogP contribution is 2.41. The maximum atomic E-state index is 13.0. The second-order valence-electron chi connectivity index (χ2n) is 10.6. The Morgan fingerprint density at radius 2 is 1.94 bits per heavy atom. The number of anilines is 1. The van der Waals surface area contributed by atoms with Gasteiger partial charge in [0.2, 0.25) is 5.91 Å². The van der Waals surface area contributed by atoms with Crippen molar-refractivity contribution in [1.29, 1.82) is 0 Å². The Labute approximate surface area is 188 Å². The van der Waals surface area contributed by atoms with Crippen LogP contribution in [0.5, 0.6) is 0 Å². The molecule has 31 heavy (non-hydrogen) atoms. The highest BCUT2D eigenvalue weighted by Gasteiger charge is 2.46. The van der Waals surface area contributed by atoms with Gasteiger partial charge in [0.15, 0.2) is 0 Å². The van der Waals surface area contributed by atoms with E-state index in [1.165, 1.54) is 13.0 Å². The monoisotopic (exact) mass is 430 g/mol. The van der Waals surface area contributed by atoms with Gasteiger partial charge in [-0.15, -0.1) is 0 Å². The van der Waals surface area contributed by atoms with Crippen LogP contribution in [0.25, 0.3) is 0 Å². The lowest BCUT2D eigenvalue weighted by atomic mass is 9.74. The van der Waals surface area contributed by atoms with E-state index in [1.54, 1.807) is 6.20 Å². The summed E-state index contributed by atoms with van der Waals surface area (Å²) in [5.74, 6) is 1.34. The van der Waals surface area contributed by atoms with E-state index in [0.29, 0.717) is 5.82 Å². The molecule has 2 fully saturated rings. The van der Waals surface area contributed by atoms with Gasteiger partial charge in [-0.1, -0.05) is 26.8 Å². The zero-order valence-corrected chi connectivity index (χ0v) is 20.2. The zero-order valence-electron chi connectivity index (χ0n) is 20.2. The topological polar surface area (TPSA) is 57.7 Å². The van der Waals surface area contributed by atoms with E-state index >= 15 is 0 Å². The lowest BCUT2D eigenvalue weighted by molar-refractivity contribution is -0.139. The van der Waals surface area contributed by atoms with Gasteiger partial charge < -0.3 is 15.0 Å². The van der Waals surface area contributed by atoms with Crippen LogP contribution in [0, 0.1) is 11.8 Å². The lowest BCUT2D eigenvalue weighted by Gasteiger charge is -2.54. The molecule has 2 aliphatic rings. The Balaban J connectivity index is 1.67. The SMILES string of the molecule is CC(C)CCN1CCN(C2(CC(C)C(=O)Nc3ccccn3)CCOC(C)(C)C2)CC1. The molecule has 1 aromatic heterocycles. The van der Waals surface area contributed by atoms with E-state index < -0.39 is 0 Å². The Kier molecular flexibility index (Phi) is 8.11. The van der Waals surface area contributed by atoms with Gasteiger partial charge in [0.05, 0.1) is 5.60 Å². The highest BCUT2D eigenvalue weighted by atomic mass is 16.5. The smallest absolute Gasteiger partial charge is 0.228 e. The van der Waals surface area contributed by atoms with Gasteiger partial charge in [-0.3, -0.25) is 9.69 Å². The minimum absolute atomic E-state index is 0.00671. The summed E-state index contributed by atoms with van der Waals surface area (Å²) in [5, 5.41) is 3.00. The fourth-order valence-electron chi connectivity index (χ4n) is 5.26. The van der Waals surface area contributed by atoms with Gasteiger partial charge in [-0.05, 0) is 64.1 Å². The van der Waals surface area contributed by atoms with Gasteiger partial charge in [-0.25, -0.2) is 4.98 Å². The molecule has 1 aromatic rings. The lowest BCUT2D eigenvalue weighted by Crippen LogP contribution is -2.62. The number of nitrogens with one attached hydrogen (secondary N) is 1. The molecule has 3 heterocycles. The van der Waals surface area contributed by atoms with Gasteiger partial charge in [0.1, 0.15) is 5.82 Å². The molecule has 6 heteroatoms. The molecule has 0 radical (unpaired) electrons. The normalized spacial score (nSPS) is 26.0. The summed E-state index contributed by atoms with van der Waals surface area (Å²) in [7, 11) is 0. The van der Waals surface area contributed by atoms with Crippen molar-refractivity contribution in [3.8, 4) is 0 Å². The van der Waals surface area contributed by atoms with Crippen LogP contribution in [0.4, 0.5) is 5.82 Å². The van der Waals surface area contributed by atoms with Crippen molar-refractivity contribution in [3.63, 3.8) is 0 Å². The van der Waals surface area contributed by atoms with E-state index in [2.05, 4.69) is 54.7 Å². The summed E-state index contributed by atoms with van der Waals surface area (Å²) in [6.07, 6.45) is 5.78. The average molecular weight is 431 g/mol. The summed E-state index contributed by atoms with van der Waals surface area (Å²) in [5.41, 5.74) is -0.156. The van der Waals surface area contributed by atoms with Crippen LogP contribution in [0.15, 0.2) is 24.4 Å². The Hall–Kier alpha value is -1.50. The molecule has 6 nitrogen and oxygen atoms in total. The predicted octanol–water partition coefficient (Wildman–Crippen LogP) is 4.04. The highest BCUT2D eigenvalue weighted by molar-refractivity contribution is 5.91. The van der Waals surface area contributed by atoms with Crippen LogP contribution in [0.1, 0.15) is 60.3 Å². The summed E-state index contributed by atoms with van der Waals surface area (Å²) in [6, 6.07) is 5.60. The zero-order chi connectivity index (χ0) is 22.5. The van der Waals surface area contributed by atoms with E-state index in [1.807, 2.05) is 18.2 Å². The molecule has 2 aliphatic heterocycles. The van der Waals surface area contributed by atoms with Gasteiger partial charge >= 0.3 is 0 Å². The molecule has 0 aromatic carbocycles. The third kappa shape index (κ3) is 6.74. The number of rotatable bonds is 8. The molecule has 1 amide bonds. The Bertz CT molecular complexity index is 701. The average Bonchev–Trinajstić information content (AvgIpc) is 2.72. The number of hydrogen-bond acceptors (Lipinski definition) is 5. The van der Waals surface area contributed by atoms with E-state index in [-0.39, 0.29) is 23.0 Å². The number of carbonyl (C=O) groups is 1. The largest absolute Gasteiger partial charge is 0.375 e. The van der Waals surface area contributed by atoms with Crippen molar-refractivity contribution >= 4 is 11.7 Å². The molecule has 0 saturated carbocycles. The molecule has 0 spiro atoms. The van der Waals surface area contributed by atoms with Crippen molar-refractivity contribution < 1.29 is 9.53 Å². The maximum Gasteiger partial charge on any atom is 0.228 e. The summed E-state index contributed by atoms with van der Waals surface area (Å²) in [4.78, 5) is 22.5. The summed E-state index contributed by atoms with van der Waals surface area (Å²) >= 11 is 0. The minimum atomic E-state index is -0.162. The number of ether oxygens (including phenoxy) is 1. The molecule has 0 bridgehead atoms. The fourth-order valence-corrected chi connectivity index (χ4v) is 5.26. The van der Waals surface area contributed by atoms with Crippen LogP contribution in [0.3, 0.4) is 0 Å². The van der Waals surface area contributed by atoms with Crippen molar-refractivity contribution in [3.05, 3.63) is 24.4 Å². The maximum absolute atomic E-state index is 13.0. The second-order valence-corrected chi connectivity index (χ2v) is 10.6. The first-order valence-electron chi connectivity index (χ1n) is 12.0. The van der Waals surface area contributed by atoms with Crippen LogP contribution in [-0.2, 0) is 9.53 Å². The minimum Gasteiger partial charge on any atom is -0.375 e. The van der Waals surface area contributed by atoms with Crippen molar-refractivity contribution in [1.82, 2.24) is 14.8 Å². The Morgan fingerprint density at radius 1 is 1.19 bits per heavy atom. The molecule has 174 valence electrons. The first kappa shape index (κ1) is 24.1. The number of piperazine rings is 1. The number of amides is 1. The summed E-state index contributed by atoms with van der Waals surface area (Å²) in [6.45, 7) is 17.4. The number of hydrogen-bond donors (Lipinski definition) is 1. The molecule has 0 aliphatic carbocycles. The predicted molar refractivity (Wildman–Crippen MR) is 126 cm³/mol. The molecule has 2 atom stereocenters. The third-order valence-electron chi connectivity index (χ3n) is 6.93. The van der Waals surface area contributed by atoms with Crippen LogP contribution in [0.2, 0.25) is 0 Å². The van der Waals surface area contributed by atoms with Gasteiger partial charge in [-0.2, -0.15) is 0 Å². The first-order valence-corrected chi connectivity index (χ1v) is 12.0. The summed E-state index contributed by atoms with van der Waals surface area (Å²) < 4.78 is 6.09. The molecule has 2 saturated heterocycles. The van der Waals surface area contributed by atoms with Crippen molar-refractivity contribution in [2.45, 2.75) is 71.4 Å².